The van der Waals surface area contributed by atoms with Crippen LogP contribution >= 0.6 is 0 Å². The van der Waals surface area contributed by atoms with Crippen LogP contribution in [-0.4, -0.2) is 26.7 Å². The van der Waals surface area contributed by atoms with Crippen molar-refractivity contribution in [2.24, 2.45) is 0 Å². The van der Waals surface area contributed by atoms with Crippen molar-refractivity contribution in [3.05, 3.63) is 81.9 Å². The van der Waals surface area contributed by atoms with Crippen molar-refractivity contribution in [1.82, 2.24) is 0 Å². The number of anilines is 1. The van der Waals surface area contributed by atoms with Crippen LogP contribution in [0.25, 0.3) is 0 Å². The van der Waals surface area contributed by atoms with E-state index in [4.69, 9.17) is 18.7 Å². The van der Waals surface area contributed by atoms with E-state index in [1.165, 1.54) is 13.8 Å². The SMILES string of the molecule is CCCCCCCCCCCCCN(c1c(OB(Oc2cc(C(F)(F)F)cc(C(F)(F)F)c2)Oc2cc(C(F)(F)F)cc(C(F)(F)F)c2)cc(C(F)(F)F)cc1C(F)(F)F)C(C)OCC. The molecule has 65 heavy (non-hydrogen) atoms. The van der Waals surface area contributed by atoms with Crippen LogP contribution in [0, 0.1) is 0 Å². The molecule has 1 unspecified atom stereocenters. The second kappa shape index (κ2) is 22.4. The van der Waals surface area contributed by atoms with Crippen LogP contribution < -0.4 is 18.9 Å². The van der Waals surface area contributed by atoms with Crippen molar-refractivity contribution < 1.29 is 97.7 Å². The molecule has 1 atom stereocenters. The minimum atomic E-state index is -5.71. The van der Waals surface area contributed by atoms with Gasteiger partial charge in [-0.3, -0.25) is 0 Å². The topological polar surface area (TPSA) is 40.2 Å². The van der Waals surface area contributed by atoms with Gasteiger partial charge < -0.3 is 23.6 Å². The second-order valence-electron chi connectivity index (χ2n) is 14.8. The van der Waals surface area contributed by atoms with Gasteiger partial charge in [0.25, 0.3) is 0 Å². The van der Waals surface area contributed by atoms with Crippen molar-refractivity contribution in [2.75, 3.05) is 18.1 Å². The molecule has 0 amide bonds. The predicted molar refractivity (Wildman–Crippen MR) is 202 cm³/mol. The molecule has 0 bridgehead atoms. The van der Waals surface area contributed by atoms with E-state index in [2.05, 4.69) is 6.92 Å². The smallest absolute Gasteiger partial charge is 0.490 e. The molecule has 5 nitrogen and oxygen atoms in total. The van der Waals surface area contributed by atoms with E-state index in [0.29, 0.717) is 19.3 Å². The molecule has 0 radical (unpaired) electrons. The lowest BCUT2D eigenvalue weighted by Gasteiger charge is -2.35. The van der Waals surface area contributed by atoms with Gasteiger partial charge in [-0.25, -0.2) is 0 Å². The highest BCUT2D eigenvalue weighted by atomic mass is 19.4. The summed E-state index contributed by atoms with van der Waals surface area (Å²) < 4.78 is 274. The number of hydrogen-bond donors (Lipinski definition) is 0. The fourth-order valence-electron chi connectivity index (χ4n) is 6.51. The average molecular weight is 968 g/mol. The third-order valence-corrected chi connectivity index (χ3v) is 9.65. The summed E-state index contributed by atoms with van der Waals surface area (Å²) in [5.74, 6) is -4.80. The summed E-state index contributed by atoms with van der Waals surface area (Å²) in [7, 11) is -3.32. The van der Waals surface area contributed by atoms with Crippen LogP contribution in [0.4, 0.5) is 84.7 Å². The number of hydrogen-bond acceptors (Lipinski definition) is 5. The quantitative estimate of drug-likeness (QED) is 0.0434. The van der Waals surface area contributed by atoms with Crippen molar-refractivity contribution in [1.29, 1.82) is 0 Å². The van der Waals surface area contributed by atoms with E-state index < -0.39 is 126 Å². The van der Waals surface area contributed by atoms with Gasteiger partial charge in [0, 0.05) is 13.2 Å². The molecular formula is C41H44BF18NO4. The van der Waals surface area contributed by atoms with Crippen LogP contribution in [0.15, 0.2) is 48.5 Å². The highest BCUT2D eigenvalue weighted by Crippen LogP contribution is 2.48. The van der Waals surface area contributed by atoms with Crippen molar-refractivity contribution >= 4 is 13.0 Å². The Kier molecular flexibility index (Phi) is 18.9. The molecule has 0 aliphatic heterocycles. The first-order valence-corrected chi connectivity index (χ1v) is 20.2. The molecular weight excluding hydrogens is 923 g/mol. The van der Waals surface area contributed by atoms with Crippen molar-refractivity contribution in [3.63, 3.8) is 0 Å². The number of unbranched alkanes of at least 4 members (excludes halogenated alkanes) is 10. The number of nitrogens with zero attached hydrogens (tertiary/aromatic N) is 1. The van der Waals surface area contributed by atoms with Crippen LogP contribution in [0.3, 0.4) is 0 Å². The summed E-state index contributed by atoms with van der Waals surface area (Å²) in [6.45, 7) is 4.00. The molecule has 0 spiro atoms. The monoisotopic (exact) mass is 967 g/mol. The first kappa shape index (κ1) is 55.0. The summed E-state index contributed by atoms with van der Waals surface area (Å²) in [4.78, 5) is 0.782. The third kappa shape index (κ3) is 17.1. The minimum Gasteiger partial charge on any atom is -0.490 e. The minimum absolute atomic E-state index is 0.0526. The molecule has 0 aliphatic rings. The third-order valence-electron chi connectivity index (χ3n) is 9.65. The summed E-state index contributed by atoms with van der Waals surface area (Å²) in [6.07, 6.45) is -26.5. The zero-order valence-corrected chi connectivity index (χ0v) is 34.8. The summed E-state index contributed by atoms with van der Waals surface area (Å²) >= 11 is 0. The van der Waals surface area contributed by atoms with Crippen molar-refractivity contribution in [2.45, 2.75) is 135 Å². The van der Waals surface area contributed by atoms with Gasteiger partial charge in [0.2, 0.25) is 0 Å². The van der Waals surface area contributed by atoms with E-state index in [9.17, 15) is 79.0 Å². The van der Waals surface area contributed by atoms with Gasteiger partial charge in [-0.2, -0.15) is 79.0 Å². The first-order chi connectivity index (χ1) is 29.9. The molecule has 0 saturated heterocycles. The maximum absolute atomic E-state index is 14.9. The Bertz CT molecular complexity index is 1820. The largest absolute Gasteiger partial charge is 0.864 e. The molecule has 0 fully saturated rings. The Morgan fingerprint density at radius 3 is 1.14 bits per heavy atom. The van der Waals surface area contributed by atoms with E-state index in [0.717, 1.165) is 49.8 Å². The second-order valence-corrected chi connectivity index (χ2v) is 14.8. The molecule has 0 saturated carbocycles. The fourth-order valence-corrected chi connectivity index (χ4v) is 6.51. The van der Waals surface area contributed by atoms with Crippen LogP contribution in [-0.2, 0) is 41.8 Å². The zero-order chi connectivity index (χ0) is 49.2. The molecule has 3 aromatic rings. The van der Waals surface area contributed by atoms with E-state index in [1.807, 2.05) is 0 Å². The standard InChI is InChI=1S/C41H44BF18NO4/c1-4-6-7-8-9-10-11-12-13-14-15-16-61(25(3)62-5-2)35-33(41(58,59)60)23-30(40(55,56)57)24-34(35)65-42(63-31-19-26(36(43,44)45)17-27(20-31)37(46,47)48)64-32-21-28(38(49,50)51)18-29(22-32)39(52,53)54/h17-25H,4-16H2,1-3H3. The summed E-state index contributed by atoms with van der Waals surface area (Å²) in [5, 5.41) is 0. The maximum atomic E-state index is 14.9. The summed E-state index contributed by atoms with van der Waals surface area (Å²) in [6, 6.07) is -1.98. The van der Waals surface area contributed by atoms with Crippen LogP contribution in [0.2, 0.25) is 0 Å². The fraction of sp³-hybridized carbons (Fsp3) is 0.561. The Balaban J connectivity index is 2.29. The number of rotatable bonds is 22. The summed E-state index contributed by atoms with van der Waals surface area (Å²) in [5.41, 5.74) is -13.9. The molecule has 3 rings (SSSR count). The lowest BCUT2D eigenvalue weighted by Crippen LogP contribution is -2.41. The number of benzene rings is 3. The average Bonchev–Trinajstić information content (AvgIpc) is 3.16. The van der Waals surface area contributed by atoms with Gasteiger partial charge in [0.1, 0.15) is 23.5 Å². The molecule has 0 aliphatic carbocycles. The maximum Gasteiger partial charge on any atom is 0.864 e. The normalized spacial score (nSPS) is 13.5. The molecule has 0 aromatic heterocycles. The predicted octanol–water partition coefficient (Wildman–Crippen LogP) is 15.8. The Labute approximate surface area is 362 Å². The first-order valence-electron chi connectivity index (χ1n) is 20.2. The van der Waals surface area contributed by atoms with Gasteiger partial charge in [0.05, 0.1) is 39.1 Å². The Hall–Kier alpha value is -4.38. The molecule has 366 valence electrons. The molecule has 3 aromatic carbocycles. The van der Waals surface area contributed by atoms with E-state index >= 15 is 0 Å². The molecule has 24 heteroatoms. The van der Waals surface area contributed by atoms with Crippen LogP contribution in [0.1, 0.15) is 125 Å². The van der Waals surface area contributed by atoms with Gasteiger partial charge in [0.15, 0.2) is 0 Å². The Morgan fingerprint density at radius 2 is 0.800 bits per heavy atom. The van der Waals surface area contributed by atoms with Crippen molar-refractivity contribution in [3.8, 4) is 17.2 Å². The van der Waals surface area contributed by atoms with E-state index in [-0.39, 0.29) is 49.4 Å². The van der Waals surface area contributed by atoms with Crippen LogP contribution in [0.5, 0.6) is 17.2 Å². The van der Waals surface area contributed by atoms with Gasteiger partial charge in [-0.05, 0) is 68.8 Å². The number of alkyl halides is 18. The zero-order valence-electron chi connectivity index (χ0n) is 34.8. The van der Waals surface area contributed by atoms with Gasteiger partial charge in [-0.15, -0.1) is 0 Å². The highest BCUT2D eigenvalue weighted by Gasteiger charge is 2.45. The number of ether oxygens (including phenoxy) is 1. The molecule has 0 N–H and O–H groups in total. The highest BCUT2D eigenvalue weighted by molar-refractivity contribution is 6.39. The lowest BCUT2D eigenvalue weighted by atomic mass is 10.0. The Morgan fingerprint density at radius 1 is 0.446 bits per heavy atom. The van der Waals surface area contributed by atoms with E-state index in [1.54, 1.807) is 0 Å². The van der Waals surface area contributed by atoms with Gasteiger partial charge in [-0.1, -0.05) is 71.1 Å². The number of halogens is 18. The lowest BCUT2D eigenvalue weighted by molar-refractivity contribution is -0.144. The molecule has 0 heterocycles. The van der Waals surface area contributed by atoms with Gasteiger partial charge >= 0.3 is 44.4 Å².